The molecular weight excluding hydrogens is 143 g/mol. The minimum Gasteiger partial charge on any atom is -0.516 e. The van der Waals surface area contributed by atoms with Crippen LogP contribution in [0.2, 0.25) is 0 Å². The molecule has 0 atom stereocenters. The summed E-state index contributed by atoms with van der Waals surface area (Å²) in [6.45, 7) is 0. The molecule has 0 fully saturated rings. The van der Waals surface area contributed by atoms with E-state index < -0.39 is 7.60 Å². The minimum atomic E-state index is -4.04. The predicted octanol–water partition coefficient (Wildman–Crippen LogP) is 0.750. The van der Waals surface area contributed by atoms with Crippen molar-refractivity contribution in [1.29, 1.82) is 0 Å². The van der Waals surface area contributed by atoms with Crippen molar-refractivity contribution in [1.82, 2.24) is 0 Å². The second kappa shape index (κ2) is 3.45. The van der Waals surface area contributed by atoms with Crippen molar-refractivity contribution >= 4 is 7.60 Å². The van der Waals surface area contributed by atoms with Crippen molar-refractivity contribution in [3.63, 3.8) is 0 Å². The summed E-state index contributed by atoms with van der Waals surface area (Å²) in [5.41, 5.74) is 0. The lowest BCUT2D eigenvalue weighted by molar-refractivity contribution is 0.386. The van der Waals surface area contributed by atoms with Gasteiger partial charge in [-0.15, -0.1) is 0 Å². The van der Waals surface area contributed by atoms with E-state index in [1.807, 2.05) is 0 Å². The molecule has 0 heterocycles. The van der Waals surface area contributed by atoms with Crippen LogP contribution in [0.15, 0.2) is 24.2 Å². The Hall–Kier alpha value is -0.570. The Balaban J connectivity index is 3.86. The average molecular weight is 150 g/mol. The number of hydrogen-bond donors (Lipinski definition) is 3. The molecule has 0 aromatic carbocycles. The zero-order valence-corrected chi connectivity index (χ0v) is 5.40. The van der Waals surface area contributed by atoms with Crippen LogP contribution in [-0.2, 0) is 4.57 Å². The van der Waals surface area contributed by atoms with Crippen molar-refractivity contribution in [3.8, 4) is 0 Å². The van der Waals surface area contributed by atoms with Gasteiger partial charge in [0, 0.05) is 5.82 Å². The highest BCUT2D eigenvalue weighted by molar-refractivity contribution is 7.55. The van der Waals surface area contributed by atoms with Gasteiger partial charge in [0.25, 0.3) is 0 Å². The highest BCUT2D eigenvalue weighted by Gasteiger charge is 2.03. The van der Waals surface area contributed by atoms with Crippen molar-refractivity contribution in [3.05, 3.63) is 24.2 Å². The lowest BCUT2D eigenvalue weighted by Gasteiger charge is -1.89. The molecule has 0 aromatic rings. The summed E-state index contributed by atoms with van der Waals surface area (Å²) >= 11 is 0. The Morgan fingerprint density at radius 3 is 2.11 bits per heavy atom. The van der Waals surface area contributed by atoms with Crippen LogP contribution in [0.3, 0.4) is 0 Å². The summed E-state index contributed by atoms with van der Waals surface area (Å²) in [5, 5.41) is 7.98. The number of hydrogen-bond acceptors (Lipinski definition) is 2. The Bertz CT molecular complexity index is 165. The van der Waals surface area contributed by atoms with Crippen molar-refractivity contribution in [2.24, 2.45) is 0 Å². The standard InChI is InChI=1S/C4H7O4P/c5-3-1-2-4-9(6,7)8/h1-5H,(H2,6,7,8). The van der Waals surface area contributed by atoms with Crippen LogP contribution in [-0.4, -0.2) is 14.9 Å². The molecule has 5 heteroatoms. The molecule has 0 saturated heterocycles. The number of allylic oxidation sites excluding steroid dienone is 2. The van der Waals surface area contributed by atoms with Gasteiger partial charge >= 0.3 is 7.60 Å². The summed E-state index contributed by atoms with van der Waals surface area (Å²) in [6, 6.07) is 0. The molecule has 0 spiro atoms. The lowest BCUT2D eigenvalue weighted by atomic mass is 10.6. The third-order valence-corrected chi connectivity index (χ3v) is 1.04. The first-order chi connectivity index (χ1) is 4.06. The first kappa shape index (κ1) is 8.43. The van der Waals surface area contributed by atoms with E-state index in [-0.39, 0.29) is 0 Å². The molecule has 0 amide bonds. The van der Waals surface area contributed by atoms with Crippen molar-refractivity contribution in [2.75, 3.05) is 0 Å². The SMILES string of the molecule is O=P(O)(O)C=CC=CO. The van der Waals surface area contributed by atoms with Crippen LogP contribution in [0, 0.1) is 0 Å². The number of rotatable bonds is 2. The quantitative estimate of drug-likeness (QED) is 0.308. The van der Waals surface area contributed by atoms with Crippen molar-refractivity contribution in [2.45, 2.75) is 0 Å². The normalized spacial score (nSPS) is 13.6. The van der Waals surface area contributed by atoms with Gasteiger partial charge in [-0.05, 0) is 6.08 Å². The smallest absolute Gasteiger partial charge is 0.349 e. The van der Waals surface area contributed by atoms with Gasteiger partial charge in [0.05, 0.1) is 6.26 Å². The number of aliphatic hydroxyl groups is 1. The fraction of sp³-hybridized carbons (Fsp3) is 0. The van der Waals surface area contributed by atoms with Gasteiger partial charge in [-0.25, -0.2) is 0 Å². The van der Waals surface area contributed by atoms with Gasteiger partial charge in [-0.3, -0.25) is 4.57 Å². The summed E-state index contributed by atoms with van der Waals surface area (Å²) in [7, 11) is -4.04. The molecular formula is C4H7O4P. The molecule has 0 radical (unpaired) electrons. The topological polar surface area (TPSA) is 77.8 Å². The second-order valence-electron chi connectivity index (χ2n) is 1.27. The Morgan fingerprint density at radius 2 is 1.78 bits per heavy atom. The van der Waals surface area contributed by atoms with E-state index in [1.165, 1.54) is 0 Å². The van der Waals surface area contributed by atoms with E-state index in [0.717, 1.165) is 12.2 Å². The Morgan fingerprint density at radius 1 is 1.22 bits per heavy atom. The summed E-state index contributed by atoms with van der Waals surface area (Å²) in [4.78, 5) is 16.3. The maximum atomic E-state index is 10.00. The molecule has 3 N–H and O–H groups in total. The molecule has 0 aliphatic carbocycles. The van der Waals surface area contributed by atoms with Crippen LogP contribution < -0.4 is 0 Å². The Labute approximate surface area is 52.3 Å². The molecule has 9 heavy (non-hydrogen) atoms. The molecule has 0 aliphatic rings. The summed E-state index contributed by atoms with van der Waals surface area (Å²) in [5.74, 6) is 0.694. The number of aliphatic hydroxyl groups excluding tert-OH is 1. The largest absolute Gasteiger partial charge is 0.516 e. The van der Waals surface area contributed by atoms with Gasteiger partial charge in [-0.2, -0.15) is 0 Å². The molecule has 4 nitrogen and oxygen atoms in total. The van der Waals surface area contributed by atoms with Crippen molar-refractivity contribution < 1.29 is 19.5 Å². The second-order valence-corrected chi connectivity index (χ2v) is 2.75. The maximum absolute atomic E-state index is 10.00. The highest BCUT2D eigenvalue weighted by atomic mass is 31.2. The summed E-state index contributed by atoms with van der Waals surface area (Å²) in [6.07, 6.45) is 2.87. The fourth-order valence-corrected chi connectivity index (χ4v) is 0.535. The van der Waals surface area contributed by atoms with Gasteiger partial charge < -0.3 is 14.9 Å². The molecule has 52 valence electrons. The first-order valence-electron chi connectivity index (χ1n) is 2.10. The van der Waals surface area contributed by atoms with Gasteiger partial charge in [0.2, 0.25) is 0 Å². The molecule has 0 rings (SSSR count). The molecule has 0 aromatic heterocycles. The minimum absolute atomic E-state index is 0.687. The first-order valence-corrected chi connectivity index (χ1v) is 3.78. The lowest BCUT2D eigenvalue weighted by Crippen LogP contribution is -1.66. The van der Waals surface area contributed by atoms with Crippen LogP contribution in [0.1, 0.15) is 0 Å². The van der Waals surface area contributed by atoms with Gasteiger partial charge in [-0.1, -0.05) is 6.08 Å². The molecule has 0 saturated carbocycles. The zero-order chi connectivity index (χ0) is 7.33. The fourth-order valence-electron chi connectivity index (χ4n) is 0.211. The zero-order valence-electron chi connectivity index (χ0n) is 4.51. The Kier molecular flexibility index (Phi) is 3.24. The summed E-state index contributed by atoms with van der Waals surface area (Å²) < 4.78 is 10.00. The van der Waals surface area contributed by atoms with E-state index in [2.05, 4.69) is 0 Å². The van der Waals surface area contributed by atoms with E-state index in [1.54, 1.807) is 0 Å². The predicted molar refractivity (Wildman–Crippen MR) is 33.0 cm³/mol. The van der Waals surface area contributed by atoms with Gasteiger partial charge in [0.1, 0.15) is 0 Å². The third kappa shape index (κ3) is 7.43. The van der Waals surface area contributed by atoms with Crippen LogP contribution >= 0.6 is 7.60 Å². The van der Waals surface area contributed by atoms with Crippen LogP contribution in [0.25, 0.3) is 0 Å². The third-order valence-electron chi connectivity index (χ3n) is 0.477. The molecule has 0 unspecified atom stereocenters. The van der Waals surface area contributed by atoms with E-state index in [0.29, 0.717) is 12.1 Å². The van der Waals surface area contributed by atoms with E-state index in [4.69, 9.17) is 14.9 Å². The highest BCUT2D eigenvalue weighted by Crippen LogP contribution is 2.35. The molecule has 0 aliphatic heterocycles. The average Bonchev–Trinajstić information content (AvgIpc) is 1.63. The van der Waals surface area contributed by atoms with Gasteiger partial charge in [0.15, 0.2) is 0 Å². The monoisotopic (exact) mass is 150 g/mol. The van der Waals surface area contributed by atoms with E-state index in [9.17, 15) is 4.57 Å². The van der Waals surface area contributed by atoms with E-state index >= 15 is 0 Å². The van der Waals surface area contributed by atoms with Crippen LogP contribution in [0.5, 0.6) is 0 Å². The van der Waals surface area contributed by atoms with Crippen LogP contribution in [0.4, 0.5) is 0 Å². The molecule has 0 bridgehead atoms. The maximum Gasteiger partial charge on any atom is 0.349 e.